The zero-order valence-electron chi connectivity index (χ0n) is 18.5. The molecule has 3 aromatic heterocycles. The zero-order chi connectivity index (χ0) is 25.3. The molecule has 0 fully saturated rings. The van der Waals surface area contributed by atoms with Crippen LogP contribution in [0.25, 0.3) is 22.0 Å². The Labute approximate surface area is 203 Å². The number of anilines is 1. The first-order valence-electron chi connectivity index (χ1n) is 9.87. The van der Waals surface area contributed by atoms with Crippen LogP contribution in [0.2, 0.25) is 5.02 Å². The van der Waals surface area contributed by atoms with Crippen molar-refractivity contribution < 1.29 is 31.4 Å². The van der Waals surface area contributed by atoms with Gasteiger partial charge in [-0.3, -0.25) is 4.68 Å². The van der Waals surface area contributed by atoms with Crippen molar-refractivity contribution in [3.8, 4) is 28.6 Å². The van der Waals surface area contributed by atoms with Crippen LogP contribution in [-0.2, 0) is 17.1 Å². The highest BCUT2D eigenvalue weighted by atomic mass is 35.5. The molecule has 4 aromatic rings. The van der Waals surface area contributed by atoms with Crippen LogP contribution in [0.15, 0.2) is 35.6 Å². The summed E-state index contributed by atoms with van der Waals surface area (Å²) < 4.78 is 70.6. The van der Waals surface area contributed by atoms with Gasteiger partial charge in [0.15, 0.2) is 0 Å². The van der Waals surface area contributed by atoms with Gasteiger partial charge in [-0.25, -0.2) is 21.9 Å². The Morgan fingerprint density at radius 1 is 1.20 bits per heavy atom. The maximum atomic E-state index is 13.2. The molecule has 0 atom stereocenters. The molecule has 3 heterocycles. The Kier molecular flexibility index (Phi) is 6.67. The third-order valence-corrected chi connectivity index (χ3v) is 6.50. The van der Waals surface area contributed by atoms with Gasteiger partial charge >= 0.3 is 0 Å². The second-order valence-corrected chi connectivity index (χ2v) is 9.16. The number of hydrogen-bond acceptors (Lipinski definition) is 8. The van der Waals surface area contributed by atoms with E-state index in [4.69, 9.17) is 25.8 Å². The van der Waals surface area contributed by atoms with E-state index in [-0.39, 0.29) is 22.4 Å². The minimum Gasteiger partial charge on any atom is -0.478 e. The van der Waals surface area contributed by atoms with Crippen molar-refractivity contribution in [1.82, 2.24) is 24.7 Å². The molecule has 0 aliphatic carbocycles. The SMILES string of the molecule is COc1nc(NS(=O)(=O)c2c[nH]c3c(-c4cnn(C)c4)c(Cl)ccc23)nc(OC)c1OCC(F)F. The van der Waals surface area contributed by atoms with Gasteiger partial charge in [0.1, 0.15) is 11.5 Å². The number of benzene rings is 1. The third-order valence-electron chi connectivity index (χ3n) is 4.82. The van der Waals surface area contributed by atoms with Gasteiger partial charge in [0.25, 0.3) is 28.2 Å². The van der Waals surface area contributed by atoms with E-state index in [0.717, 1.165) is 0 Å². The Morgan fingerprint density at radius 2 is 1.89 bits per heavy atom. The van der Waals surface area contributed by atoms with Gasteiger partial charge in [0.2, 0.25) is 11.7 Å². The van der Waals surface area contributed by atoms with Crippen LogP contribution in [0.5, 0.6) is 17.5 Å². The fourth-order valence-corrected chi connectivity index (χ4v) is 4.76. The highest BCUT2D eigenvalue weighted by Gasteiger charge is 2.26. The highest BCUT2D eigenvalue weighted by molar-refractivity contribution is 7.93. The van der Waals surface area contributed by atoms with E-state index < -0.39 is 29.0 Å². The maximum absolute atomic E-state index is 13.2. The molecule has 0 saturated carbocycles. The number of aromatic amines is 1. The number of halogens is 3. The molecule has 0 amide bonds. The van der Waals surface area contributed by atoms with Crippen LogP contribution < -0.4 is 18.9 Å². The second-order valence-electron chi connectivity index (χ2n) is 7.10. The molecule has 4 rings (SSSR count). The molecular formula is C20H19ClF2N6O5S. The number of methoxy groups -OCH3 is 2. The van der Waals surface area contributed by atoms with Crippen LogP contribution in [0.3, 0.4) is 0 Å². The summed E-state index contributed by atoms with van der Waals surface area (Å²) in [6.07, 6.45) is 1.89. The number of fused-ring (bicyclic) bond motifs is 1. The van der Waals surface area contributed by atoms with E-state index in [9.17, 15) is 17.2 Å². The average molecular weight is 529 g/mol. The van der Waals surface area contributed by atoms with Crippen molar-refractivity contribution in [3.05, 3.63) is 35.7 Å². The van der Waals surface area contributed by atoms with Gasteiger partial charge in [0.05, 0.1) is 31.0 Å². The van der Waals surface area contributed by atoms with Crippen molar-refractivity contribution in [3.63, 3.8) is 0 Å². The Morgan fingerprint density at radius 3 is 2.46 bits per heavy atom. The van der Waals surface area contributed by atoms with E-state index in [1.165, 1.54) is 20.4 Å². The molecule has 0 saturated heterocycles. The van der Waals surface area contributed by atoms with Crippen LogP contribution in [0, 0.1) is 0 Å². The molecule has 186 valence electrons. The number of H-pyrrole nitrogens is 1. The van der Waals surface area contributed by atoms with Crippen LogP contribution in [0.4, 0.5) is 14.7 Å². The molecule has 15 heteroatoms. The molecule has 0 aliphatic rings. The van der Waals surface area contributed by atoms with Gasteiger partial charge in [-0.2, -0.15) is 15.1 Å². The topological polar surface area (TPSA) is 133 Å². The number of ether oxygens (including phenoxy) is 3. The largest absolute Gasteiger partial charge is 0.478 e. The molecular weight excluding hydrogens is 510 g/mol. The summed E-state index contributed by atoms with van der Waals surface area (Å²) in [5.41, 5.74) is 1.76. The van der Waals surface area contributed by atoms with Gasteiger partial charge in [0, 0.05) is 36.0 Å². The molecule has 0 spiro atoms. The first kappa shape index (κ1) is 24.5. The fraction of sp³-hybridized carbons (Fsp3) is 0.250. The number of aromatic nitrogens is 5. The minimum absolute atomic E-state index is 0.103. The predicted octanol–water partition coefficient (Wildman–Crippen LogP) is 3.47. The second kappa shape index (κ2) is 9.54. The predicted molar refractivity (Wildman–Crippen MR) is 123 cm³/mol. The molecule has 0 bridgehead atoms. The number of hydrogen-bond donors (Lipinski definition) is 2. The molecule has 2 N–H and O–H groups in total. The monoisotopic (exact) mass is 528 g/mol. The summed E-state index contributed by atoms with van der Waals surface area (Å²) in [6.45, 7) is -0.960. The summed E-state index contributed by atoms with van der Waals surface area (Å²) >= 11 is 6.40. The quantitative estimate of drug-likeness (QED) is 0.337. The average Bonchev–Trinajstić information content (AvgIpc) is 3.43. The molecule has 1 aromatic carbocycles. The molecule has 0 unspecified atom stereocenters. The molecule has 11 nitrogen and oxygen atoms in total. The van der Waals surface area contributed by atoms with E-state index >= 15 is 0 Å². The van der Waals surface area contributed by atoms with Crippen LogP contribution in [0.1, 0.15) is 0 Å². The zero-order valence-corrected chi connectivity index (χ0v) is 20.1. The number of alkyl halides is 2. The summed E-state index contributed by atoms with van der Waals surface area (Å²) in [6, 6.07) is 3.14. The lowest BCUT2D eigenvalue weighted by molar-refractivity contribution is 0.0781. The molecule has 35 heavy (non-hydrogen) atoms. The normalized spacial score (nSPS) is 11.7. The van der Waals surface area contributed by atoms with Crippen molar-refractivity contribution in [2.24, 2.45) is 7.05 Å². The first-order chi connectivity index (χ1) is 16.6. The van der Waals surface area contributed by atoms with Gasteiger partial charge in [-0.1, -0.05) is 11.6 Å². The van der Waals surface area contributed by atoms with Gasteiger partial charge in [-0.05, 0) is 12.1 Å². The van der Waals surface area contributed by atoms with Crippen molar-refractivity contribution in [1.29, 1.82) is 0 Å². The highest BCUT2D eigenvalue weighted by Crippen LogP contribution is 2.38. The number of nitrogens with zero attached hydrogens (tertiary/aromatic N) is 4. The summed E-state index contributed by atoms with van der Waals surface area (Å²) in [5.74, 6) is -1.29. The van der Waals surface area contributed by atoms with Crippen LogP contribution in [-0.4, -0.2) is 60.4 Å². The van der Waals surface area contributed by atoms with Crippen molar-refractivity contribution >= 4 is 38.5 Å². The van der Waals surface area contributed by atoms with E-state index in [0.29, 0.717) is 27.1 Å². The standard InChI is InChI=1S/C20H19ClF2N6O5S/c1-29-8-10(6-25-29)15-12(21)5-4-11-13(7-24-16(11)15)35(30,31)28-20-26-18(32-2)17(19(27-20)33-3)34-9-14(22)23/h4-8,14,24H,9H2,1-3H3,(H,26,27,28). The smallest absolute Gasteiger partial charge is 0.272 e. The summed E-state index contributed by atoms with van der Waals surface area (Å²) in [5, 5.41) is 4.90. The van der Waals surface area contributed by atoms with Gasteiger partial charge in [-0.15, -0.1) is 0 Å². The molecule has 0 radical (unpaired) electrons. The summed E-state index contributed by atoms with van der Waals surface area (Å²) in [7, 11) is -0.0714. The van der Waals surface area contributed by atoms with Crippen LogP contribution >= 0.6 is 11.6 Å². The van der Waals surface area contributed by atoms with E-state index in [1.54, 1.807) is 36.3 Å². The Hall–Kier alpha value is -3.65. The molecule has 0 aliphatic heterocycles. The lowest BCUT2D eigenvalue weighted by atomic mass is 10.1. The Balaban J connectivity index is 1.74. The fourth-order valence-electron chi connectivity index (χ4n) is 3.38. The lowest BCUT2D eigenvalue weighted by Crippen LogP contribution is -2.16. The van der Waals surface area contributed by atoms with Crippen molar-refractivity contribution in [2.45, 2.75) is 11.3 Å². The third kappa shape index (κ3) is 4.79. The number of rotatable bonds is 9. The maximum Gasteiger partial charge on any atom is 0.272 e. The summed E-state index contributed by atoms with van der Waals surface area (Å²) in [4.78, 5) is 10.7. The van der Waals surface area contributed by atoms with Crippen molar-refractivity contribution in [2.75, 3.05) is 25.5 Å². The Bertz CT molecular complexity index is 1470. The lowest BCUT2D eigenvalue weighted by Gasteiger charge is -2.14. The number of aryl methyl sites for hydroxylation is 1. The minimum atomic E-state index is -4.23. The number of nitrogens with one attached hydrogen (secondary N) is 2. The van der Waals surface area contributed by atoms with Gasteiger partial charge < -0.3 is 19.2 Å². The first-order valence-corrected chi connectivity index (χ1v) is 11.7. The number of sulfonamides is 1. The van der Waals surface area contributed by atoms with E-state index in [2.05, 4.69) is 24.8 Å². The van der Waals surface area contributed by atoms with E-state index in [1.807, 2.05) is 0 Å².